The van der Waals surface area contributed by atoms with Crippen LogP contribution in [0, 0.1) is 0 Å². The number of benzene rings is 1. The molecule has 6 nitrogen and oxygen atoms in total. The summed E-state index contributed by atoms with van der Waals surface area (Å²) in [6.45, 7) is 2.43. The zero-order valence-electron chi connectivity index (χ0n) is 15.1. The molecule has 0 radical (unpaired) electrons. The van der Waals surface area contributed by atoms with Gasteiger partial charge in [-0.25, -0.2) is 9.78 Å². The van der Waals surface area contributed by atoms with Crippen LogP contribution in [0.5, 0.6) is 0 Å². The Morgan fingerprint density at radius 3 is 2.96 bits per heavy atom. The Kier molecular flexibility index (Phi) is 5.99. The number of carbonyl (C=O) groups excluding carboxylic acids is 2. The number of anilines is 1. The molecule has 138 valence electrons. The number of nitrogens with one attached hydrogen (secondary N) is 1. The van der Waals surface area contributed by atoms with E-state index < -0.39 is 0 Å². The summed E-state index contributed by atoms with van der Waals surface area (Å²) in [5.41, 5.74) is 2.56. The lowest BCUT2D eigenvalue weighted by atomic mass is 10.2. The molecule has 0 unspecified atom stereocenters. The quantitative estimate of drug-likeness (QED) is 0.392. The van der Waals surface area contributed by atoms with Crippen LogP contribution in [0.15, 0.2) is 60.9 Å². The van der Waals surface area contributed by atoms with Gasteiger partial charge in [0, 0.05) is 18.0 Å². The smallest absolute Gasteiger partial charge is 0.338 e. The van der Waals surface area contributed by atoms with Crippen LogP contribution in [0.2, 0.25) is 0 Å². The first kappa shape index (κ1) is 18.4. The predicted octanol–water partition coefficient (Wildman–Crippen LogP) is 3.94. The molecule has 6 heteroatoms. The van der Waals surface area contributed by atoms with Crippen molar-refractivity contribution in [2.75, 3.05) is 11.9 Å². The normalized spacial score (nSPS) is 11.0. The average molecular weight is 363 g/mol. The molecular formula is C21H21N3O3. The molecule has 1 aromatic carbocycles. The Labute approximate surface area is 157 Å². The number of esters is 1. The Bertz CT molecular complexity index is 975. The molecule has 1 amide bonds. The number of imidazole rings is 1. The van der Waals surface area contributed by atoms with Crippen molar-refractivity contribution in [3.05, 3.63) is 72.2 Å². The fraction of sp³-hybridized carbons (Fsp3) is 0.190. The molecule has 0 atom stereocenters. The van der Waals surface area contributed by atoms with Gasteiger partial charge in [0.25, 0.3) is 0 Å². The van der Waals surface area contributed by atoms with E-state index in [1.807, 2.05) is 35.7 Å². The highest BCUT2D eigenvalue weighted by atomic mass is 16.5. The molecule has 0 saturated heterocycles. The van der Waals surface area contributed by atoms with Gasteiger partial charge in [0.05, 0.1) is 24.1 Å². The highest BCUT2D eigenvalue weighted by molar-refractivity contribution is 6.02. The largest absolute Gasteiger partial charge is 0.462 e. The van der Waals surface area contributed by atoms with Crippen LogP contribution in [-0.4, -0.2) is 27.9 Å². The molecule has 0 saturated carbocycles. The summed E-state index contributed by atoms with van der Waals surface area (Å²) in [5.74, 6) is -0.682. The Balaban J connectivity index is 1.64. The maximum atomic E-state index is 12.2. The third kappa shape index (κ3) is 4.82. The van der Waals surface area contributed by atoms with E-state index in [0.29, 0.717) is 17.9 Å². The summed E-state index contributed by atoms with van der Waals surface area (Å²) in [7, 11) is 0. The standard InChI is InChI=1S/C21H21N3O3/c1-2-3-13-27-21(26)16-7-6-8-17(14-16)23-20(25)11-10-18-15-22-19-9-4-5-12-24(18)19/h4-12,14-15H,2-3,13H2,1H3,(H,23,25)/b11-10+. The van der Waals surface area contributed by atoms with E-state index in [-0.39, 0.29) is 11.9 Å². The van der Waals surface area contributed by atoms with Crippen LogP contribution in [-0.2, 0) is 9.53 Å². The molecule has 1 N–H and O–H groups in total. The van der Waals surface area contributed by atoms with Crippen LogP contribution < -0.4 is 5.32 Å². The van der Waals surface area contributed by atoms with Gasteiger partial charge in [-0.1, -0.05) is 25.5 Å². The highest BCUT2D eigenvalue weighted by Gasteiger charge is 2.08. The zero-order valence-corrected chi connectivity index (χ0v) is 15.1. The van der Waals surface area contributed by atoms with E-state index in [0.717, 1.165) is 24.2 Å². The summed E-state index contributed by atoms with van der Waals surface area (Å²) in [6, 6.07) is 12.4. The van der Waals surface area contributed by atoms with E-state index in [9.17, 15) is 9.59 Å². The molecule has 0 aliphatic heterocycles. The number of nitrogens with zero attached hydrogens (tertiary/aromatic N) is 2. The van der Waals surface area contributed by atoms with E-state index in [1.165, 1.54) is 6.08 Å². The number of rotatable bonds is 7. The van der Waals surface area contributed by atoms with Gasteiger partial charge in [-0.15, -0.1) is 0 Å². The number of carbonyl (C=O) groups is 2. The first-order valence-corrected chi connectivity index (χ1v) is 8.85. The van der Waals surface area contributed by atoms with Crippen molar-refractivity contribution < 1.29 is 14.3 Å². The molecule has 0 bridgehead atoms. The molecule has 2 heterocycles. The topological polar surface area (TPSA) is 72.7 Å². The number of hydrogen-bond donors (Lipinski definition) is 1. The van der Waals surface area contributed by atoms with Crippen molar-refractivity contribution in [2.45, 2.75) is 19.8 Å². The number of ether oxygens (including phenoxy) is 1. The fourth-order valence-electron chi connectivity index (χ4n) is 2.54. The van der Waals surface area contributed by atoms with E-state index in [1.54, 1.807) is 36.5 Å². The van der Waals surface area contributed by atoms with Crippen LogP contribution in [0.4, 0.5) is 5.69 Å². The van der Waals surface area contributed by atoms with Crippen LogP contribution in [0.1, 0.15) is 35.8 Å². The summed E-state index contributed by atoms with van der Waals surface area (Å²) in [5, 5.41) is 2.75. The van der Waals surface area contributed by atoms with Crippen LogP contribution >= 0.6 is 0 Å². The molecule has 3 rings (SSSR count). The molecule has 0 fully saturated rings. The third-order valence-electron chi connectivity index (χ3n) is 3.95. The lowest BCUT2D eigenvalue weighted by Crippen LogP contribution is -2.10. The molecule has 0 spiro atoms. The average Bonchev–Trinajstić information content (AvgIpc) is 3.10. The van der Waals surface area contributed by atoms with Gasteiger partial charge in [-0.05, 0) is 42.8 Å². The number of pyridine rings is 1. The maximum absolute atomic E-state index is 12.2. The van der Waals surface area contributed by atoms with Crippen molar-refractivity contribution in [3.63, 3.8) is 0 Å². The van der Waals surface area contributed by atoms with E-state index >= 15 is 0 Å². The Morgan fingerprint density at radius 2 is 2.11 bits per heavy atom. The maximum Gasteiger partial charge on any atom is 0.338 e. The molecule has 3 aromatic rings. The molecule has 27 heavy (non-hydrogen) atoms. The van der Waals surface area contributed by atoms with Crippen molar-refractivity contribution in [1.29, 1.82) is 0 Å². The zero-order chi connectivity index (χ0) is 19.1. The number of unbranched alkanes of at least 4 members (excludes halogenated alkanes) is 1. The van der Waals surface area contributed by atoms with Gasteiger partial charge >= 0.3 is 5.97 Å². The summed E-state index contributed by atoms with van der Waals surface area (Å²) in [6.07, 6.45) is 8.50. The van der Waals surface area contributed by atoms with Gasteiger partial charge in [0.1, 0.15) is 5.65 Å². The van der Waals surface area contributed by atoms with Crippen molar-refractivity contribution in [3.8, 4) is 0 Å². The molecular weight excluding hydrogens is 342 g/mol. The fourth-order valence-corrected chi connectivity index (χ4v) is 2.54. The van der Waals surface area contributed by atoms with Gasteiger partial charge in [-0.2, -0.15) is 0 Å². The molecule has 2 aromatic heterocycles. The van der Waals surface area contributed by atoms with Gasteiger partial charge in [0.2, 0.25) is 5.91 Å². The van der Waals surface area contributed by atoms with E-state index in [4.69, 9.17) is 4.74 Å². The second kappa shape index (κ2) is 8.80. The Hall–Kier alpha value is -3.41. The second-order valence-corrected chi connectivity index (χ2v) is 6.00. The van der Waals surface area contributed by atoms with Gasteiger partial charge in [0.15, 0.2) is 0 Å². The Morgan fingerprint density at radius 1 is 1.22 bits per heavy atom. The van der Waals surface area contributed by atoms with Gasteiger partial charge < -0.3 is 14.5 Å². The molecule has 0 aliphatic rings. The van der Waals surface area contributed by atoms with E-state index in [2.05, 4.69) is 10.3 Å². The number of hydrogen-bond acceptors (Lipinski definition) is 4. The predicted molar refractivity (Wildman–Crippen MR) is 104 cm³/mol. The number of amides is 1. The number of aromatic nitrogens is 2. The minimum Gasteiger partial charge on any atom is -0.462 e. The first-order valence-electron chi connectivity index (χ1n) is 8.85. The summed E-state index contributed by atoms with van der Waals surface area (Å²) in [4.78, 5) is 28.5. The van der Waals surface area contributed by atoms with Crippen LogP contribution in [0.3, 0.4) is 0 Å². The second-order valence-electron chi connectivity index (χ2n) is 6.00. The van der Waals surface area contributed by atoms with Crippen molar-refractivity contribution in [2.24, 2.45) is 0 Å². The van der Waals surface area contributed by atoms with Crippen molar-refractivity contribution in [1.82, 2.24) is 9.38 Å². The monoisotopic (exact) mass is 363 g/mol. The van der Waals surface area contributed by atoms with Crippen molar-refractivity contribution >= 4 is 29.3 Å². The summed E-state index contributed by atoms with van der Waals surface area (Å²) < 4.78 is 7.08. The SMILES string of the molecule is CCCCOC(=O)c1cccc(NC(=O)/C=C/c2cnc3ccccn23)c1. The molecule has 0 aliphatic carbocycles. The lowest BCUT2D eigenvalue weighted by Gasteiger charge is -2.06. The minimum absolute atomic E-state index is 0.294. The first-order chi connectivity index (χ1) is 13.2. The van der Waals surface area contributed by atoms with Crippen LogP contribution in [0.25, 0.3) is 11.7 Å². The summed E-state index contributed by atoms with van der Waals surface area (Å²) >= 11 is 0. The minimum atomic E-state index is -0.388. The third-order valence-corrected chi connectivity index (χ3v) is 3.95. The lowest BCUT2D eigenvalue weighted by molar-refractivity contribution is -0.111. The number of fused-ring (bicyclic) bond motifs is 1. The highest BCUT2D eigenvalue weighted by Crippen LogP contribution is 2.13. The van der Waals surface area contributed by atoms with Gasteiger partial charge in [-0.3, -0.25) is 4.79 Å².